The highest BCUT2D eigenvalue weighted by molar-refractivity contribution is 7.18. The molecule has 2 aromatic carbocycles. The molecule has 0 spiro atoms. The van der Waals surface area contributed by atoms with E-state index in [1.165, 1.54) is 5.69 Å². The van der Waals surface area contributed by atoms with E-state index in [2.05, 4.69) is 40.4 Å². The lowest BCUT2D eigenvalue weighted by Gasteiger charge is -2.34. The van der Waals surface area contributed by atoms with Crippen LogP contribution >= 0.6 is 11.3 Å². The van der Waals surface area contributed by atoms with Crippen molar-refractivity contribution in [3.63, 3.8) is 0 Å². The Balaban J connectivity index is 1.30. The number of carbonyl (C=O) groups is 2. The lowest BCUT2D eigenvalue weighted by atomic mass is 9.80. The zero-order valence-electron chi connectivity index (χ0n) is 22.2. The van der Waals surface area contributed by atoms with Gasteiger partial charge in [0.15, 0.2) is 0 Å². The molecule has 1 N–H and O–H groups in total. The minimum absolute atomic E-state index is 0.0546. The zero-order chi connectivity index (χ0) is 26.2. The second kappa shape index (κ2) is 10.1. The average Bonchev–Trinajstić information content (AvgIpc) is 3.42. The van der Waals surface area contributed by atoms with Crippen LogP contribution in [0.1, 0.15) is 43.3 Å². The number of hydrogen-bond acceptors (Lipinski definition) is 7. The second-order valence-corrected chi connectivity index (χ2v) is 12.5. The highest BCUT2D eigenvalue weighted by Gasteiger charge is 2.46. The summed E-state index contributed by atoms with van der Waals surface area (Å²) in [5.41, 5.74) is 2.97. The molecule has 0 saturated carbocycles. The number of anilines is 1. The van der Waals surface area contributed by atoms with Crippen molar-refractivity contribution in [2.45, 2.75) is 52.2 Å². The first-order chi connectivity index (χ1) is 17.6. The fourth-order valence-electron chi connectivity index (χ4n) is 5.36. The van der Waals surface area contributed by atoms with Gasteiger partial charge in [-0.15, -0.1) is 11.3 Å². The molecular weight excluding hydrogens is 484 g/mol. The summed E-state index contributed by atoms with van der Waals surface area (Å²) in [5, 5.41) is 3.98. The number of esters is 1. The summed E-state index contributed by atoms with van der Waals surface area (Å²) in [6, 6.07) is 14.5. The van der Waals surface area contributed by atoms with E-state index >= 15 is 0 Å². The Hall–Kier alpha value is -2.97. The first-order valence-corrected chi connectivity index (χ1v) is 13.8. The van der Waals surface area contributed by atoms with Crippen LogP contribution in [-0.4, -0.2) is 60.6 Å². The summed E-state index contributed by atoms with van der Waals surface area (Å²) in [7, 11) is 2.16. The Morgan fingerprint density at radius 1 is 1.05 bits per heavy atom. The molecule has 1 saturated heterocycles. The number of carbonyl (C=O) groups excluding carboxylic acids is 2. The van der Waals surface area contributed by atoms with Crippen LogP contribution < -0.4 is 10.2 Å². The van der Waals surface area contributed by atoms with E-state index in [1.807, 2.05) is 45.0 Å². The largest absolute Gasteiger partial charge is 0.460 e. The molecule has 196 valence electrons. The third kappa shape index (κ3) is 5.80. The van der Waals surface area contributed by atoms with Crippen LogP contribution in [0.3, 0.4) is 0 Å². The van der Waals surface area contributed by atoms with Crippen molar-refractivity contribution in [3.8, 4) is 0 Å². The van der Waals surface area contributed by atoms with Gasteiger partial charge in [-0.05, 0) is 70.0 Å². The van der Waals surface area contributed by atoms with Gasteiger partial charge >= 0.3 is 5.97 Å². The Kier molecular flexibility index (Phi) is 6.98. The maximum Gasteiger partial charge on any atom is 0.307 e. The van der Waals surface area contributed by atoms with Crippen molar-refractivity contribution in [2.75, 3.05) is 38.1 Å². The van der Waals surface area contributed by atoms with Crippen LogP contribution in [0.25, 0.3) is 10.2 Å². The average molecular weight is 521 g/mol. The van der Waals surface area contributed by atoms with Gasteiger partial charge < -0.3 is 19.9 Å². The van der Waals surface area contributed by atoms with Gasteiger partial charge in [0.1, 0.15) is 10.6 Å². The van der Waals surface area contributed by atoms with Gasteiger partial charge in [0, 0.05) is 31.9 Å². The van der Waals surface area contributed by atoms with Crippen molar-refractivity contribution in [2.24, 2.45) is 5.41 Å². The maximum atomic E-state index is 13.7. The highest BCUT2D eigenvalue weighted by Crippen LogP contribution is 2.41. The Labute approximate surface area is 222 Å². The Bertz CT molecular complexity index is 1280. The molecule has 1 fully saturated rings. The van der Waals surface area contributed by atoms with E-state index < -0.39 is 11.0 Å². The summed E-state index contributed by atoms with van der Waals surface area (Å²) in [6.07, 6.45) is 1.12. The van der Waals surface area contributed by atoms with Crippen LogP contribution in [0.2, 0.25) is 0 Å². The standard InChI is InChI=1S/C29H36N4O3S/c1-28(2,3)36-26(34)18-29(16-20-7-5-6-8-21(20)17-29)27(35)30-19-25-31-23-10-9-22(15-24(23)37-25)33-13-11-32(4)12-14-33/h5-10,15H,11-14,16-19H2,1-4H3,(H,30,35). The fourth-order valence-corrected chi connectivity index (χ4v) is 6.30. The number of likely N-dealkylation sites (N-methyl/N-ethyl adjacent to an activating group) is 1. The molecule has 1 aliphatic carbocycles. The van der Waals surface area contributed by atoms with Gasteiger partial charge in [-0.25, -0.2) is 4.98 Å². The number of amides is 1. The van der Waals surface area contributed by atoms with E-state index in [0.717, 1.165) is 52.5 Å². The number of piperazine rings is 1. The Morgan fingerprint density at radius 3 is 2.38 bits per heavy atom. The summed E-state index contributed by atoms with van der Waals surface area (Å²) in [6.45, 7) is 10.1. The molecule has 7 nitrogen and oxygen atoms in total. The van der Waals surface area contributed by atoms with Crippen LogP contribution in [0, 0.1) is 5.41 Å². The smallest absolute Gasteiger partial charge is 0.307 e. The van der Waals surface area contributed by atoms with Crippen LogP contribution in [0.4, 0.5) is 5.69 Å². The van der Waals surface area contributed by atoms with E-state index in [9.17, 15) is 9.59 Å². The normalized spacial score (nSPS) is 17.6. The van der Waals surface area contributed by atoms with Gasteiger partial charge in [-0.3, -0.25) is 9.59 Å². The number of hydrogen-bond donors (Lipinski definition) is 1. The number of benzene rings is 2. The van der Waals surface area contributed by atoms with Crippen LogP contribution in [0.15, 0.2) is 42.5 Å². The van der Waals surface area contributed by atoms with Crippen molar-refractivity contribution in [1.29, 1.82) is 0 Å². The topological polar surface area (TPSA) is 74.8 Å². The van der Waals surface area contributed by atoms with Crippen molar-refractivity contribution in [1.82, 2.24) is 15.2 Å². The summed E-state index contributed by atoms with van der Waals surface area (Å²) >= 11 is 1.61. The van der Waals surface area contributed by atoms with Crippen molar-refractivity contribution < 1.29 is 14.3 Å². The van der Waals surface area contributed by atoms with Crippen molar-refractivity contribution in [3.05, 3.63) is 58.6 Å². The number of ether oxygens (including phenoxy) is 1. The Morgan fingerprint density at radius 2 is 1.73 bits per heavy atom. The molecule has 1 aliphatic heterocycles. The SMILES string of the molecule is CN1CCN(c2ccc3nc(CNC(=O)C4(CC(=O)OC(C)(C)C)Cc5ccccc5C4)sc3c2)CC1. The minimum atomic E-state index is -0.850. The molecule has 3 aromatic rings. The second-order valence-electron chi connectivity index (χ2n) is 11.4. The minimum Gasteiger partial charge on any atom is -0.460 e. The molecule has 1 aromatic heterocycles. The predicted octanol–water partition coefficient (Wildman–Crippen LogP) is 4.18. The molecule has 2 aliphatic rings. The lowest BCUT2D eigenvalue weighted by molar-refractivity contribution is -0.160. The molecule has 1 amide bonds. The first-order valence-electron chi connectivity index (χ1n) is 13.0. The van der Waals surface area contributed by atoms with Crippen molar-refractivity contribution >= 4 is 39.1 Å². The molecule has 2 heterocycles. The van der Waals surface area contributed by atoms with Gasteiger partial charge in [0.05, 0.1) is 28.6 Å². The van der Waals surface area contributed by atoms with Gasteiger partial charge in [0.2, 0.25) is 5.91 Å². The number of nitrogens with one attached hydrogen (secondary N) is 1. The van der Waals surface area contributed by atoms with E-state index in [-0.39, 0.29) is 18.3 Å². The van der Waals surface area contributed by atoms with Gasteiger partial charge in [0.25, 0.3) is 0 Å². The third-order valence-electron chi connectivity index (χ3n) is 7.25. The molecule has 0 unspecified atom stereocenters. The molecule has 0 bridgehead atoms. The fraction of sp³-hybridized carbons (Fsp3) is 0.483. The molecular formula is C29H36N4O3S. The summed E-state index contributed by atoms with van der Waals surface area (Å²) in [4.78, 5) is 36.0. The number of aromatic nitrogens is 1. The van der Waals surface area contributed by atoms with Crippen LogP contribution in [-0.2, 0) is 33.7 Å². The first kappa shape index (κ1) is 25.7. The number of thiazole rings is 1. The zero-order valence-corrected chi connectivity index (χ0v) is 23.0. The third-order valence-corrected chi connectivity index (χ3v) is 8.26. The predicted molar refractivity (Wildman–Crippen MR) is 148 cm³/mol. The molecule has 0 radical (unpaired) electrons. The highest BCUT2D eigenvalue weighted by atomic mass is 32.1. The summed E-state index contributed by atoms with van der Waals surface area (Å²) < 4.78 is 6.73. The quantitative estimate of drug-likeness (QED) is 0.492. The number of nitrogens with zero attached hydrogens (tertiary/aromatic N) is 3. The monoisotopic (exact) mass is 520 g/mol. The maximum absolute atomic E-state index is 13.7. The van der Waals surface area contributed by atoms with Gasteiger partial charge in [-0.2, -0.15) is 0 Å². The van der Waals surface area contributed by atoms with Gasteiger partial charge in [-0.1, -0.05) is 24.3 Å². The molecule has 37 heavy (non-hydrogen) atoms. The van der Waals surface area contributed by atoms with E-state index in [1.54, 1.807) is 11.3 Å². The molecule has 0 atom stereocenters. The van der Waals surface area contributed by atoms with E-state index in [4.69, 9.17) is 9.72 Å². The molecule has 5 rings (SSSR count). The van der Waals surface area contributed by atoms with Crippen LogP contribution in [0.5, 0.6) is 0 Å². The van der Waals surface area contributed by atoms with E-state index in [0.29, 0.717) is 19.4 Å². The lowest BCUT2D eigenvalue weighted by Crippen LogP contribution is -2.44. The molecule has 8 heteroatoms. The number of fused-ring (bicyclic) bond motifs is 2. The number of rotatable bonds is 6. The summed E-state index contributed by atoms with van der Waals surface area (Å²) in [5.74, 6) is -0.459.